The van der Waals surface area contributed by atoms with Gasteiger partial charge in [-0.05, 0) is 32.3 Å². The Morgan fingerprint density at radius 1 is 1.22 bits per heavy atom. The molecule has 2 heterocycles. The fraction of sp³-hybridized carbons (Fsp3) is 0.286. The highest BCUT2D eigenvalue weighted by atomic mass is 16.1. The molecule has 0 aliphatic heterocycles. The predicted octanol–water partition coefficient (Wildman–Crippen LogP) is 1.47. The molecule has 18 heavy (non-hydrogen) atoms. The number of aromatic nitrogens is 2. The van der Waals surface area contributed by atoms with E-state index in [1.54, 1.807) is 16.8 Å². The predicted molar refractivity (Wildman–Crippen MR) is 72.5 cm³/mol. The molecule has 0 unspecified atom stereocenters. The molecule has 94 valence electrons. The van der Waals surface area contributed by atoms with Crippen LogP contribution in [0.4, 0.5) is 0 Å². The lowest BCUT2D eigenvalue weighted by molar-refractivity contribution is 0.381. The van der Waals surface area contributed by atoms with Gasteiger partial charge in [0, 0.05) is 37.1 Å². The number of hydrogen-bond acceptors (Lipinski definition) is 3. The molecule has 0 atom stereocenters. The lowest BCUT2D eigenvalue weighted by Crippen LogP contribution is -2.25. The zero-order valence-electron chi connectivity index (χ0n) is 10.7. The van der Waals surface area contributed by atoms with Crippen LogP contribution in [0.3, 0.4) is 0 Å². The number of hydrogen-bond donors (Lipinski definition) is 0. The van der Waals surface area contributed by atoms with Gasteiger partial charge in [-0.15, -0.1) is 0 Å². The Balaban J connectivity index is 2.29. The van der Waals surface area contributed by atoms with Crippen molar-refractivity contribution in [2.75, 3.05) is 20.6 Å². The Bertz CT molecular complexity index is 561. The molecule has 0 N–H and O–H groups in total. The Morgan fingerprint density at radius 3 is 2.72 bits per heavy atom. The van der Waals surface area contributed by atoms with Crippen LogP contribution in [0.25, 0.3) is 11.3 Å². The number of pyridine rings is 2. The molecule has 2 aromatic heterocycles. The van der Waals surface area contributed by atoms with Crippen LogP contribution in [0.1, 0.15) is 0 Å². The standard InChI is InChI=1S/C14H17N3O/c1-16(2)9-10-17-11-12(6-7-14(17)18)13-5-3-4-8-15-13/h3-8,11H,9-10H2,1-2H3. The Hall–Kier alpha value is -1.94. The van der Waals surface area contributed by atoms with Crippen LogP contribution >= 0.6 is 0 Å². The fourth-order valence-corrected chi connectivity index (χ4v) is 1.70. The van der Waals surface area contributed by atoms with Gasteiger partial charge in [0.1, 0.15) is 0 Å². The molecule has 0 amide bonds. The Kier molecular flexibility index (Phi) is 3.89. The van der Waals surface area contributed by atoms with E-state index >= 15 is 0 Å². The first-order valence-electron chi connectivity index (χ1n) is 5.93. The summed E-state index contributed by atoms with van der Waals surface area (Å²) in [4.78, 5) is 18.1. The summed E-state index contributed by atoms with van der Waals surface area (Å²) in [5.41, 5.74) is 1.88. The van der Waals surface area contributed by atoms with Crippen molar-refractivity contribution in [1.82, 2.24) is 14.5 Å². The Morgan fingerprint density at radius 2 is 2.06 bits per heavy atom. The second-order valence-corrected chi connectivity index (χ2v) is 4.47. The maximum absolute atomic E-state index is 11.7. The van der Waals surface area contributed by atoms with E-state index in [4.69, 9.17) is 0 Å². The molecule has 0 bridgehead atoms. The van der Waals surface area contributed by atoms with Gasteiger partial charge in [0.15, 0.2) is 0 Å². The van der Waals surface area contributed by atoms with Gasteiger partial charge in [-0.1, -0.05) is 6.07 Å². The van der Waals surface area contributed by atoms with Crippen molar-refractivity contribution in [3.8, 4) is 11.3 Å². The zero-order chi connectivity index (χ0) is 13.0. The smallest absolute Gasteiger partial charge is 0.250 e. The van der Waals surface area contributed by atoms with E-state index < -0.39 is 0 Å². The molecule has 4 heteroatoms. The van der Waals surface area contributed by atoms with Gasteiger partial charge in [0.05, 0.1) is 5.69 Å². The SMILES string of the molecule is CN(C)CCn1cc(-c2ccccn2)ccc1=O. The molecule has 2 aromatic rings. The van der Waals surface area contributed by atoms with Crippen LogP contribution in [0.5, 0.6) is 0 Å². The minimum atomic E-state index is 0.0246. The van der Waals surface area contributed by atoms with Gasteiger partial charge in [0.25, 0.3) is 5.56 Å². The van der Waals surface area contributed by atoms with Gasteiger partial charge in [-0.2, -0.15) is 0 Å². The lowest BCUT2D eigenvalue weighted by atomic mass is 10.2. The third-order valence-corrected chi connectivity index (χ3v) is 2.73. The van der Waals surface area contributed by atoms with Crippen LogP contribution in [-0.2, 0) is 6.54 Å². The summed E-state index contributed by atoms with van der Waals surface area (Å²) < 4.78 is 1.73. The van der Waals surface area contributed by atoms with E-state index in [9.17, 15) is 4.79 Å². The van der Waals surface area contributed by atoms with Gasteiger partial charge in [-0.3, -0.25) is 9.78 Å². The zero-order valence-corrected chi connectivity index (χ0v) is 10.7. The molecule has 4 nitrogen and oxygen atoms in total. The topological polar surface area (TPSA) is 38.1 Å². The summed E-state index contributed by atoms with van der Waals surface area (Å²) in [6, 6.07) is 9.18. The molecule has 0 saturated carbocycles. The third kappa shape index (κ3) is 3.05. The summed E-state index contributed by atoms with van der Waals surface area (Å²) in [6.45, 7) is 1.53. The summed E-state index contributed by atoms with van der Waals surface area (Å²) in [6.07, 6.45) is 3.62. The first kappa shape index (κ1) is 12.5. The molecule has 0 aliphatic rings. The Labute approximate surface area is 107 Å². The molecule has 0 spiro atoms. The normalized spacial score (nSPS) is 10.8. The highest BCUT2D eigenvalue weighted by Gasteiger charge is 2.02. The van der Waals surface area contributed by atoms with E-state index in [0.29, 0.717) is 6.54 Å². The highest BCUT2D eigenvalue weighted by molar-refractivity contribution is 5.57. The van der Waals surface area contributed by atoms with Gasteiger partial charge in [-0.25, -0.2) is 0 Å². The van der Waals surface area contributed by atoms with Crippen LogP contribution in [0.15, 0.2) is 47.5 Å². The van der Waals surface area contributed by atoms with Crippen LogP contribution < -0.4 is 5.56 Å². The minimum Gasteiger partial charge on any atom is -0.314 e. The van der Waals surface area contributed by atoms with Crippen molar-refractivity contribution in [3.05, 3.63) is 53.1 Å². The van der Waals surface area contributed by atoms with E-state index in [0.717, 1.165) is 17.8 Å². The average Bonchev–Trinajstić information content (AvgIpc) is 2.38. The number of nitrogens with zero attached hydrogens (tertiary/aromatic N) is 3. The van der Waals surface area contributed by atoms with Gasteiger partial charge in [0.2, 0.25) is 0 Å². The minimum absolute atomic E-state index is 0.0246. The van der Waals surface area contributed by atoms with Crippen LogP contribution in [0, 0.1) is 0 Å². The third-order valence-electron chi connectivity index (χ3n) is 2.73. The molecule has 0 saturated heterocycles. The van der Waals surface area contributed by atoms with Crippen LogP contribution in [0.2, 0.25) is 0 Å². The largest absolute Gasteiger partial charge is 0.314 e. The average molecular weight is 243 g/mol. The van der Waals surface area contributed by atoms with Gasteiger partial charge >= 0.3 is 0 Å². The lowest BCUT2D eigenvalue weighted by Gasteiger charge is -2.12. The van der Waals surface area contributed by atoms with Gasteiger partial charge < -0.3 is 9.47 Å². The monoisotopic (exact) mass is 243 g/mol. The van der Waals surface area contributed by atoms with Crippen molar-refractivity contribution in [1.29, 1.82) is 0 Å². The van der Waals surface area contributed by atoms with Crippen molar-refractivity contribution in [3.63, 3.8) is 0 Å². The number of likely N-dealkylation sites (N-methyl/N-ethyl adjacent to an activating group) is 1. The van der Waals surface area contributed by atoms with Crippen LogP contribution in [-0.4, -0.2) is 35.1 Å². The van der Waals surface area contributed by atoms with E-state index in [2.05, 4.69) is 9.88 Å². The first-order chi connectivity index (χ1) is 8.66. The summed E-state index contributed by atoms with van der Waals surface area (Å²) in [5, 5.41) is 0. The van der Waals surface area contributed by atoms with Crippen molar-refractivity contribution < 1.29 is 0 Å². The maximum Gasteiger partial charge on any atom is 0.250 e. The molecule has 0 fully saturated rings. The second-order valence-electron chi connectivity index (χ2n) is 4.47. The highest BCUT2D eigenvalue weighted by Crippen LogP contribution is 2.13. The van der Waals surface area contributed by atoms with E-state index in [1.807, 2.05) is 44.6 Å². The molecule has 0 radical (unpaired) electrons. The molecule has 0 aliphatic carbocycles. The molecular weight excluding hydrogens is 226 g/mol. The quantitative estimate of drug-likeness (QED) is 0.816. The molecule has 0 aromatic carbocycles. The fourth-order valence-electron chi connectivity index (χ4n) is 1.70. The van der Waals surface area contributed by atoms with E-state index in [1.165, 1.54) is 0 Å². The molecular formula is C14H17N3O. The van der Waals surface area contributed by atoms with E-state index in [-0.39, 0.29) is 5.56 Å². The number of rotatable bonds is 4. The first-order valence-corrected chi connectivity index (χ1v) is 5.93. The van der Waals surface area contributed by atoms with Crippen molar-refractivity contribution >= 4 is 0 Å². The summed E-state index contributed by atoms with van der Waals surface area (Å²) >= 11 is 0. The molecule has 2 rings (SSSR count). The van der Waals surface area contributed by atoms with Crippen molar-refractivity contribution in [2.24, 2.45) is 0 Å². The summed E-state index contributed by atoms with van der Waals surface area (Å²) in [5.74, 6) is 0. The van der Waals surface area contributed by atoms with Crippen molar-refractivity contribution in [2.45, 2.75) is 6.54 Å². The summed E-state index contributed by atoms with van der Waals surface area (Å²) in [7, 11) is 3.99. The maximum atomic E-state index is 11.7. The second kappa shape index (κ2) is 5.60.